The van der Waals surface area contributed by atoms with Gasteiger partial charge in [-0.25, -0.2) is 0 Å². The van der Waals surface area contributed by atoms with Gasteiger partial charge in [0.05, 0.1) is 5.71 Å². The van der Waals surface area contributed by atoms with E-state index in [1.54, 1.807) is 0 Å². The van der Waals surface area contributed by atoms with Crippen molar-refractivity contribution in [3.8, 4) is 0 Å². The van der Waals surface area contributed by atoms with Crippen LogP contribution >= 0.6 is 0 Å². The Morgan fingerprint density at radius 1 is 1.00 bits per heavy atom. The fraction of sp³-hybridized carbons (Fsp3) is 0.500. The Hall–Kier alpha value is -1.83. The Kier molecular flexibility index (Phi) is 5.55. The largest absolute Gasteiger partial charge is 0.307 e. The van der Waals surface area contributed by atoms with Gasteiger partial charge in [0.2, 0.25) is 0 Å². The van der Waals surface area contributed by atoms with Crippen LogP contribution in [0.15, 0.2) is 57.7 Å². The highest BCUT2D eigenvalue weighted by molar-refractivity contribution is 6.02. The quantitative estimate of drug-likeness (QED) is 0.541. The van der Waals surface area contributed by atoms with Gasteiger partial charge in [0, 0.05) is 12.5 Å². The number of rotatable bonds is 5. The third-order valence-corrected chi connectivity index (χ3v) is 5.69. The summed E-state index contributed by atoms with van der Waals surface area (Å²) in [5.41, 5.74) is 11.9. The SMILES string of the molecule is CC1=C(C)C(C)=C(CC(=NNC2CCCCC2)c2ccccc2)C1. The van der Waals surface area contributed by atoms with E-state index in [0.717, 1.165) is 12.8 Å². The monoisotopic (exact) mass is 322 g/mol. The van der Waals surface area contributed by atoms with Crippen LogP contribution in [0.1, 0.15) is 71.3 Å². The number of hydrogen-bond donors (Lipinski definition) is 1. The summed E-state index contributed by atoms with van der Waals surface area (Å²) in [5, 5.41) is 4.88. The Balaban J connectivity index is 1.78. The van der Waals surface area contributed by atoms with E-state index in [4.69, 9.17) is 5.10 Å². The summed E-state index contributed by atoms with van der Waals surface area (Å²) in [6.07, 6.45) is 8.61. The molecule has 0 radical (unpaired) electrons. The molecule has 0 aromatic heterocycles. The van der Waals surface area contributed by atoms with Crippen LogP contribution in [0.4, 0.5) is 0 Å². The second kappa shape index (κ2) is 7.83. The molecule has 1 aromatic rings. The minimum atomic E-state index is 0.553. The lowest BCUT2D eigenvalue weighted by Crippen LogP contribution is -2.28. The molecule has 0 bridgehead atoms. The summed E-state index contributed by atoms with van der Waals surface area (Å²) in [6.45, 7) is 6.76. The average molecular weight is 322 g/mol. The topological polar surface area (TPSA) is 24.4 Å². The molecule has 2 nitrogen and oxygen atoms in total. The van der Waals surface area contributed by atoms with Gasteiger partial charge in [0.15, 0.2) is 0 Å². The fourth-order valence-corrected chi connectivity index (χ4v) is 3.81. The predicted octanol–water partition coefficient (Wildman–Crippen LogP) is 5.76. The van der Waals surface area contributed by atoms with Gasteiger partial charge in [-0.05, 0) is 56.7 Å². The van der Waals surface area contributed by atoms with Crippen LogP contribution in [0.3, 0.4) is 0 Å². The molecule has 0 spiro atoms. The lowest BCUT2D eigenvalue weighted by Gasteiger charge is -2.22. The smallest absolute Gasteiger partial charge is 0.0715 e. The van der Waals surface area contributed by atoms with Crippen molar-refractivity contribution in [2.45, 2.75) is 71.8 Å². The first-order valence-corrected chi connectivity index (χ1v) is 9.38. The standard InChI is InChI=1S/C22H30N2/c1-16-14-20(18(3)17(16)2)15-22(19-10-6-4-7-11-19)24-23-21-12-8-5-9-13-21/h4,6-7,10-11,21,23H,5,8-9,12-15H2,1-3H3. The number of benzene rings is 1. The van der Waals surface area contributed by atoms with Gasteiger partial charge in [-0.15, -0.1) is 0 Å². The van der Waals surface area contributed by atoms with Gasteiger partial charge in [-0.3, -0.25) is 0 Å². The van der Waals surface area contributed by atoms with Gasteiger partial charge in [-0.1, -0.05) is 60.7 Å². The van der Waals surface area contributed by atoms with Crippen molar-refractivity contribution >= 4 is 5.71 Å². The van der Waals surface area contributed by atoms with E-state index < -0.39 is 0 Å². The first kappa shape index (κ1) is 17.0. The molecule has 0 aliphatic heterocycles. The normalized spacial score (nSPS) is 20.0. The molecule has 0 unspecified atom stereocenters. The maximum Gasteiger partial charge on any atom is 0.0715 e. The highest BCUT2D eigenvalue weighted by atomic mass is 15.3. The van der Waals surface area contributed by atoms with Crippen LogP contribution in [0.5, 0.6) is 0 Å². The summed E-state index contributed by atoms with van der Waals surface area (Å²) in [5.74, 6) is 0. The van der Waals surface area contributed by atoms with Gasteiger partial charge in [0.1, 0.15) is 0 Å². The number of allylic oxidation sites excluding steroid dienone is 4. The maximum absolute atomic E-state index is 4.88. The molecule has 2 heteroatoms. The molecule has 1 N–H and O–H groups in total. The van der Waals surface area contributed by atoms with E-state index in [0.29, 0.717) is 6.04 Å². The Morgan fingerprint density at radius 2 is 1.71 bits per heavy atom. The lowest BCUT2D eigenvalue weighted by atomic mass is 9.96. The van der Waals surface area contributed by atoms with Gasteiger partial charge >= 0.3 is 0 Å². The third-order valence-electron chi connectivity index (χ3n) is 5.69. The molecule has 1 fully saturated rings. The summed E-state index contributed by atoms with van der Waals surface area (Å²) in [6, 6.07) is 11.2. The fourth-order valence-electron chi connectivity index (χ4n) is 3.81. The number of nitrogens with zero attached hydrogens (tertiary/aromatic N) is 1. The van der Waals surface area contributed by atoms with Crippen molar-refractivity contribution in [2.24, 2.45) is 5.10 Å². The number of nitrogens with one attached hydrogen (secondary N) is 1. The summed E-state index contributed by atoms with van der Waals surface area (Å²) in [4.78, 5) is 0. The molecular weight excluding hydrogens is 292 g/mol. The van der Waals surface area contributed by atoms with Gasteiger partial charge in [0.25, 0.3) is 0 Å². The molecule has 3 rings (SSSR count). The Bertz CT molecular complexity index is 658. The zero-order chi connectivity index (χ0) is 16.9. The van der Waals surface area contributed by atoms with E-state index in [2.05, 4.69) is 56.5 Å². The second-order valence-corrected chi connectivity index (χ2v) is 7.38. The van der Waals surface area contributed by atoms with E-state index in [1.165, 1.54) is 65.7 Å². The molecule has 2 aliphatic carbocycles. The van der Waals surface area contributed by atoms with E-state index in [-0.39, 0.29) is 0 Å². The third kappa shape index (κ3) is 3.98. The van der Waals surface area contributed by atoms with Crippen LogP contribution < -0.4 is 5.43 Å². The first-order valence-electron chi connectivity index (χ1n) is 9.38. The summed E-state index contributed by atoms with van der Waals surface area (Å²) in [7, 11) is 0. The maximum atomic E-state index is 4.88. The number of hydrazone groups is 1. The van der Waals surface area contributed by atoms with Crippen molar-refractivity contribution in [1.82, 2.24) is 5.43 Å². The van der Waals surface area contributed by atoms with Crippen molar-refractivity contribution in [3.05, 3.63) is 58.2 Å². The second-order valence-electron chi connectivity index (χ2n) is 7.38. The molecule has 0 saturated heterocycles. The molecule has 128 valence electrons. The minimum Gasteiger partial charge on any atom is -0.307 e. The van der Waals surface area contributed by atoms with Gasteiger partial charge in [-0.2, -0.15) is 5.10 Å². The molecule has 1 saturated carbocycles. The molecule has 0 heterocycles. The molecule has 2 aliphatic rings. The van der Waals surface area contributed by atoms with Crippen molar-refractivity contribution in [3.63, 3.8) is 0 Å². The van der Waals surface area contributed by atoms with Crippen LogP contribution in [-0.2, 0) is 0 Å². The van der Waals surface area contributed by atoms with Crippen LogP contribution in [0.2, 0.25) is 0 Å². The Labute approximate surface area is 146 Å². The zero-order valence-corrected chi connectivity index (χ0v) is 15.4. The highest BCUT2D eigenvalue weighted by Crippen LogP contribution is 2.34. The predicted molar refractivity (Wildman–Crippen MR) is 103 cm³/mol. The lowest BCUT2D eigenvalue weighted by molar-refractivity contribution is 0.380. The average Bonchev–Trinajstić information content (AvgIpc) is 2.87. The molecular formula is C22H30N2. The number of hydrogen-bond acceptors (Lipinski definition) is 2. The summed E-state index contributed by atoms with van der Waals surface area (Å²) >= 11 is 0. The van der Waals surface area contributed by atoms with Crippen molar-refractivity contribution in [1.29, 1.82) is 0 Å². The van der Waals surface area contributed by atoms with Crippen LogP contribution in [-0.4, -0.2) is 11.8 Å². The minimum absolute atomic E-state index is 0.553. The zero-order valence-electron chi connectivity index (χ0n) is 15.4. The van der Waals surface area contributed by atoms with Crippen molar-refractivity contribution < 1.29 is 0 Å². The van der Waals surface area contributed by atoms with Crippen LogP contribution in [0, 0.1) is 0 Å². The van der Waals surface area contributed by atoms with E-state index in [9.17, 15) is 0 Å². The molecule has 0 amide bonds. The first-order chi connectivity index (χ1) is 11.6. The molecule has 0 atom stereocenters. The van der Waals surface area contributed by atoms with E-state index in [1.807, 2.05) is 0 Å². The summed E-state index contributed by atoms with van der Waals surface area (Å²) < 4.78 is 0. The van der Waals surface area contributed by atoms with Gasteiger partial charge < -0.3 is 5.43 Å². The van der Waals surface area contributed by atoms with Crippen molar-refractivity contribution in [2.75, 3.05) is 0 Å². The molecule has 1 aromatic carbocycles. The van der Waals surface area contributed by atoms with Crippen LogP contribution in [0.25, 0.3) is 0 Å². The van der Waals surface area contributed by atoms with E-state index >= 15 is 0 Å². The Morgan fingerprint density at radius 3 is 2.33 bits per heavy atom. The highest BCUT2D eigenvalue weighted by Gasteiger charge is 2.19. The molecule has 24 heavy (non-hydrogen) atoms.